The van der Waals surface area contributed by atoms with E-state index in [0.29, 0.717) is 12.4 Å². The molecule has 1 rings (SSSR count). The maximum atomic E-state index is 13.2. The van der Waals surface area contributed by atoms with Crippen molar-refractivity contribution in [2.75, 3.05) is 6.61 Å². The Morgan fingerprint density at radius 2 is 1.84 bits per heavy atom. The van der Waals surface area contributed by atoms with Crippen molar-refractivity contribution in [3.05, 3.63) is 29.6 Å². The lowest BCUT2D eigenvalue weighted by Gasteiger charge is -2.14. The minimum Gasteiger partial charge on any atom is -0.493 e. The predicted molar refractivity (Wildman–Crippen MR) is 77.9 cm³/mol. The van der Waals surface area contributed by atoms with Crippen LogP contribution in [0, 0.1) is 5.82 Å². The second-order valence-corrected chi connectivity index (χ2v) is 5.09. The smallest absolute Gasteiger partial charge is 0.126 e. The number of halogens is 1. The van der Waals surface area contributed by atoms with Crippen LogP contribution in [0.5, 0.6) is 5.75 Å². The van der Waals surface area contributed by atoms with Gasteiger partial charge in [-0.3, -0.25) is 0 Å². The van der Waals surface area contributed by atoms with Crippen LogP contribution in [0.15, 0.2) is 18.2 Å². The van der Waals surface area contributed by atoms with Crippen molar-refractivity contribution in [1.29, 1.82) is 0 Å². The van der Waals surface area contributed by atoms with Crippen molar-refractivity contribution in [2.45, 2.75) is 58.4 Å². The average Bonchev–Trinajstić information content (AvgIpc) is 2.37. The molecule has 1 aromatic rings. The summed E-state index contributed by atoms with van der Waals surface area (Å²) in [5.74, 6) is 0.311. The molecule has 0 aliphatic rings. The van der Waals surface area contributed by atoms with E-state index in [1.54, 1.807) is 6.07 Å². The van der Waals surface area contributed by atoms with Crippen LogP contribution in [0.1, 0.15) is 64.0 Å². The molecule has 1 unspecified atom stereocenters. The zero-order chi connectivity index (χ0) is 14.1. The lowest BCUT2D eigenvalue weighted by atomic mass is 10.1. The molecule has 0 spiro atoms. The lowest BCUT2D eigenvalue weighted by Crippen LogP contribution is -2.09. The first-order chi connectivity index (χ1) is 9.15. The molecular weight excluding hydrogens is 241 g/mol. The Bertz CT molecular complexity index is 366. The molecule has 2 N–H and O–H groups in total. The van der Waals surface area contributed by atoms with E-state index in [0.717, 1.165) is 12.0 Å². The number of hydrogen-bond acceptors (Lipinski definition) is 2. The number of ether oxygens (including phenoxy) is 1. The molecule has 0 heterocycles. The maximum absolute atomic E-state index is 13.2. The van der Waals surface area contributed by atoms with Gasteiger partial charge in [0.15, 0.2) is 0 Å². The summed E-state index contributed by atoms with van der Waals surface area (Å²) in [7, 11) is 0. The second kappa shape index (κ2) is 8.92. The Balaban J connectivity index is 2.34. The summed E-state index contributed by atoms with van der Waals surface area (Å²) < 4.78 is 18.9. The first-order valence-electron chi connectivity index (χ1n) is 7.33. The highest BCUT2D eigenvalue weighted by Crippen LogP contribution is 2.25. The lowest BCUT2D eigenvalue weighted by molar-refractivity contribution is 0.298. The number of hydrogen-bond donors (Lipinski definition) is 1. The van der Waals surface area contributed by atoms with E-state index in [-0.39, 0.29) is 11.9 Å². The topological polar surface area (TPSA) is 35.2 Å². The van der Waals surface area contributed by atoms with E-state index in [4.69, 9.17) is 10.5 Å². The van der Waals surface area contributed by atoms with Crippen molar-refractivity contribution >= 4 is 0 Å². The van der Waals surface area contributed by atoms with Gasteiger partial charge >= 0.3 is 0 Å². The van der Waals surface area contributed by atoms with Gasteiger partial charge in [-0.25, -0.2) is 4.39 Å². The van der Waals surface area contributed by atoms with Gasteiger partial charge in [-0.1, -0.05) is 45.1 Å². The Morgan fingerprint density at radius 1 is 1.16 bits per heavy atom. The fraction of sp³-hybridized carbons (Fsp3) is 0.625. The maximum Gasteiger partial charge on any atom is 0.126 e. The van der Waals surface area contributed by atoms with Crippen LogP contribution in [-0.2, 0) is 0 Å². The van der Waals surface area contributed by atoms with E-state index in [2.05, 4.69) is 6.92 Å². The molecule has 0 radical (unpaired) electrons. The monoisotopic (exact) mass is 267 g/mol. The largest absolute Gasteiger partial charge is 0.493 e. The molecule has 1 atom stereocenters. The van der Waals surface area contributed by atoms with Gasteiger partial charge in [-0.05, 0) is 19.4 Å². The van der Waals surface area contributed by atoms with Gasteiger partial charge in [-0.2, -0.15) is 0 Å². The predicted octanol–water partition coefficient (Wildman–Crippen LogP) is 4.58. The van der Waals surface area contributed by atoms with Gasteiger partial charge < -0.3 is 10.5 Å². The van der Waals surface area contributed by atoms with E-state index in [1.165, 1.54) is 44.2 Å². The average molecular weight is 267 g/mol. The summed E-state index contributed by atoms with van der Waals surface area (Å²) in [5.41, 5.74) is 6.72. The Morgan fingerprint density at radius 3 is 2.53 bits per heavy atom. The Hall–Kier alpha value is -1.09. The fourth-order valence-electron chi connectivity index (χ4n) is 2.07. The third-order valence-electron chi connectivity index (χ3n) is 3.22. The molecular formula is C16H26FNO. The third-order valence-corrected chi connectivity index (χ3v) is 3.22. The van der Waals surface area contributed by atoms with Crippen molar-refractivity contribution in [2.24, 2.45) is 5.73 Å². The number of benzene rings is 1. The third kappa shape index (κ3) is 6.06. The van der Waals surface area contributed by atoms with Crippen molar-refractivity contribution in [3.63, 3.8) is 0 Å². The molecule has 0 amide bonds. The zero-order valence-corrected chi connectivity index (χ0v) is 12.1. The number of unbranched alkanes of at least 4 members (excludes halogenated alkanes) is 5. The summed E-state index contributed by atoms with van der Waals surface area (Å²) in [6, 6.07) is 4.42. The standard InChI is InChI=1S/C16H26FNO/c1-3-4-5-6-7-8-11-19-16-12-14(17)9-10-15(16)13(2)18/h9-10,12-13H,3-8,11,18H2,1-2H3. The van der Waals surface area contributed by atoms with Crippen LogP contribution in [0.4, 0.5) is 4.39 Å². The van der Waals surface area contributed by atoms with Crippen molar-refractivity contribution < 1.29 is 9.13 Å². The highest BCUT2D eigenvalue weighted by molar-refractivity contribution is 5.36. The minimum atomic E-state index is -0.276. The first-order valence-corrected chi connectivity index (χ1v) is 7.33. The molecule has 0 aliphatic heterocycles. The van der Waals surface area contributed by atoms with Crippen molar-refractivity contribution in [1.82, 2.24) is 0 Å². The van der Waals surface area contributed by atoms with Gasteiger partial charge in [0.2, 0.25) is 0 Å². The van der Waals surface area contributed by atoms with Gasteiger partial charge in [0, 0.05) is 17.7 Å². The van der Waals surface area contributed by atoms with E-state index in [9.17, 15) is 4.39 Å². The van der Waals surface area contributed by atoms with E-state index < -0.39 is 0 Å². The molecule has 108 valence electrons. The zero-order valence-electron chi connectivity index (χ0n) is 12.1. The summed E-state index contributed by atoms with van der Waals surface area (Å²) in [6.07, 6.45) is 7.29. The van der Waals surface area contributed by atoms with Gasteiger partial charge in [-0.15, -0.1) is 0 Å². The van der Waals surface area contributed by atoms with Crippen LogP contribution in [0.25, 0.3) is 0 Å². The quantitative estimate of drug-likeness (QED) is 0.664. The SMILES string of the molecule is CCCCCCCCOc1cc(F)ccc1C(C)N. The second-order valence-electron chi connectivity index (χ2n) is 5.09. The number of nitrogens with two attached hydrogens (primary N) is 1. The number of rotatable bonds is 9. The summed E-state index contributed by atoms with van der Waals surface area (Å²) in [5, 5.41) is 0. The fourth-order valence-corrected chi connectivity index (χ4v) is 2.07. The molecule has 19 heavy (non-hydrogen) atoms. The minimum absolute atomic E-state index is 0.139. The summed E-state index contributed by atoms with van der Waals surface area (Å²) in [4.78, 5) is 0. The van der Waals surface area contributed by atoms with E-state index >= 15 is 0 Å². The van der Waals surface area contributed by atoms with Crippen LogP contribution in [-0.4, -0.2) is 6.61 Å². The highest BCUT2D eigenvalue weighted by Gasteiger charge is 2.09. The van der Waals surface area contributed by atoms with Gasteiger partial charge in [0.25, 0.3) is 0 Å². The molecule has 0 aromatic heterocycles. The van der Waals surface area contributed by atoms with Crippen LogP contribution < -0.4 is 10.5 Å². The Labute approximate surface area is 116 Å². The molecule has 0 aliphatic carbocycles. The van der Waals surface area contributed by atoms with Crippen molar-refractivity contribution in [3.8, 4) is 5.75 Å². The Kier molecular flexibility index (Phi) is 7.49. The normalized spacial score (nSPS) is 12.4. The molecule has 0 saturated heterocycles. The molecule has 2 nitrogen and oxygen atoms in total. The van der Waals surface area contributed by atoms with Gasteiger partial charge in [0.1, 0.15) is 11.6 Å². The molecule has 0 saturated carbocycles. The highest BCUT2D eigenvalue weighted by atomic mass is 19.1. The van der Waals surface area contributed by atoms with Crippen LogP contribution in [0.3, 0.4) is 0 Å². The van der Waals surface area contributed by atoms with Crippen LogP contribution in [0.2, 0.25) is 0 Å². The molecule has 1 aromatic carbocycles. The first kappa shape index (κ1) is 16.0. The molecule has 0 bridgehead atoms. The summed E-state index contributed by atoms with van der Waals surface area (Å²) >= 11 is 0. The van der Waals surface area contributed by atoms with Crippen LogP contribution >= 0.6 is 0 Å². The van der Waals surface area contributed by atoms with E-state index in [1.807, 2.05) is 6.92 Å². The molecule has 0 fully saturated rings. The summed E-state index contributed by atoms with van der Waals surface area (Å²) in [6.45, 7) is 4.72. The molecule has 3 heteroatoms. The van der Waals surface area contributed by atoms with Gasteiger partial charge in [0.05, 0.1) is 6.61 Å².